The minimum absolute atomic E-state index is 0.328. The summed E-state index contributed by atoms with van der Waals surface area (Å²) in [6, 6.07) is 15.7. The number of fused-ring (bicyclic) bond motifs is 13. The lowest BCUT2D eigenvalue weighted by molar-refractivity contribution is -0.278. The zero-order valence-corrected chi connectivity index (χ0v) is 19.0. The molecule has 2 N–H and O–H groups in total. The van der Waals surface area contributed by atoms with Crippen molar-refractivity contribution in [3.8, 4) is 0 Å². The summed E-state index contributed by atoms with van der Waals surface area (Å²) in [5.41, 5.74) is 3.10. The summed E-state index contributed by atoms with van der Waals surface area (Å²) in [6.45, 7) is 1.93. The summed E-state index contributed by atoms with van der Waals surface area (Å²) < 4.78 is 16.9. The molecule has 2 aromatic heterocycles. The Morgan fingerprint density at radius 3 is 2.26 bits per heavy atom. The summed E-state index contributed by atoms with van der Waals surface area (Å²) in [5.74, 6) is -0.783. The second-order valence-corrected chi connectivity index (χ2v) is 9.81. The highest BCUT2D eigenvalue weighted by atomic mass is 16.6. The Morgan fingerprint density at radius 2 is 1.57 bits per heavy atom. The van der Waals surface area contributed by atoms with Gasteiger partial charge in [0.2, 0.25) is 0 Å². The van der Waals surface area contributed by atoms with Crippen LogP contribution in [-0.2, 0) is 15.2 Å². The lowest BCUT2D eigenvalue weighted by Gasteiger charge is -2.46. The molecule has 3 aromatic carbocycles. The number of carbonyl (C=O) groups is 2. The Labute approximate surface area is 198 Å². The number of para-hydroxylation sites is 2. The van der Waals surface area contributed by atoms with Crippen molar-refractivity contribution in [2.75, 3.05) is 7.11 Å². The highest BCUT2D eigenvalue weighted by Crippen LogP contribution is 2.53. The Hall–Kier alpha value is -3.72. The Morgan fingerprint density at radius 1 is 0.971 bits per heavy atom. The van der Waals surface area contributed by atoms with Crippen LogP contribution in [0.1, 0.15) is 40.3 Å². The van der Waals surface area contributed by atoms with Crippen LogP contribution in [0.3, 0.4) is 0 Å². The second-order valence-electron chi connectivity index (χ2n) is 9.81. The van der Waals surface area contributed by atoms with Crippen molar-refractivity contribution in [2.45, 2.75) is 37.5 Å². The van der Waals surface area contributed by atoms with E-state index in [1.54, 1.807) is 7.11 Å². The fraction of sp³-hybridized carbons (Fsp3) is 0.259. The van der Waals surface area contributed by atoms with Gasteiger partial charge in [-0.25, -0.2) is 0 Å². The van der Waals surface area contributed by atoms with Gasteiger partial charge in [0.15, 0.2) is 5.72 Å². The third kappa shape index (κ3) is 2.03. The SMILES string of the molecule is COC1C(O)CC2OC1(C)n1c3ccccc3c3c4c(c5c6ccccc6n2c5c31)C(=O)NC4=O. The standard InChI is InChI=1S/C27H21N3O5/c1-27-24(34-2)16(31)11-17(35-27)29-14-9-5-3-7-12(14)18-20-21(26(33)28-25(20)32)19-13-8-4-6-10-15(13)30(27)23(19)22(18)29/h3-10,16-17,24,31H,11H2,1-2H3,(H,28,32,33). The highest BCUT2D eigenvalue weighted by Gasteiger charge is 2.53. The van der Waals surface area contributed by atoms with Crippen LogP contribution in [-0.4, -0.2) is 45.4 Å². The molecule has 5 heterocycles. The second kappa shape index (κ2) is 6.09. The van der Waals surface area contributed by atoms with Gasteiger partial charge in [-0.3, -0.25) is 14.9 Å². The molecule has 0 saturated carbocycles. The van der Waals surface area contributed by atoms with E-state index in [0.717, 1.165) is 43.6 Å². The molecule has 5 aromatic rings. The van der Waals surface area contributed by atoms with Crippen LogP contribution in [0.4, 0.5) is 0 Å². The molecular weight excluding hydrogens is 446 g/mol. The van der Waals surface area contributed by atoms with E-state index in [4.69, 9.17) is 9.47 Å². The molecule has 8 rings (SSSR count). The number of methoxy groups -OCH3 is 1. The number of amides is 2. The molecule has 2 bridgehead atoms. The lowest BCUT2D eigenvalue weighted by atomic mass is 9.95. The molecule has 8 nitrogen and oxygen atoms in total. The minimum Gasteiger partial charge on any atom is -0.390 e. The van der Waals surface area contributed by atoms with E-state index in [-0.39, 0.29) is 5.91 Å². The van der Waals surface area contributed by atoms with Crippen molar-refractivity contribution in [3.63, 3.8) is 0 Å². The van der Waals surface area contributed by atoms with Crippen molar-refractivity contribution in [2.24, 2.45) is 0 Å². The fourth-order valence-corrected chi connectivity index (χ4v) is 6.95. The molecule has 0 radical (unpaired) electrons. The molecule has 2 amide bonds. The number of hydrogen-bond donors (Lipinski definition) is 2. The maximum atomic E-state index is 13.3. The van der Waals surface area contributed by atoms with Crippen LogP contribution in [0.2, 0.25) is 0 Å². The van der Waals surface area contributed by atoms with Gasteiger partial charge < -0.3 is 23.7 Å². The molecule has 0 aliphatic carbocycles. The van der Waals surface area contributed by atoms with Gasteiger partial charge in [-0.15, -0.1) is 0 Å². The molecule has 35 heavy (non-hydrogen) atoms. The molecule has 8 heteroatoms. The first-order valence-corrected chi connectivity index (χ1v) is 11.7. The van der Waals surface area contributed by atoms with Crippen molar-refractivity contribution in [1.29, 1.82) is 0 Å². The molecule has 4 atom stereocenters. The van der Waals surface area contributed by atoms with Crippen LogP contribution >= 0.6 is 0 Å². The molecule has 3 aliphatic rings. The zero-order chi connectivity index (χ0) is 23.8. The third-order valence-electron chi connectivity index (χ3n) is 8.12. The topological polar surface area (TPSA) is 94.7 Å². The third-order valence-corrected chi connectivity index (χ3v) is 8.12. The van der Waals surface area contributed by atoms with Crippen molar-refractivity contribution >= 4 is 55.4 Å². The zero-order valence-electron chi connectivity index (χ0n) is 19.0. The van der Waals surface area contributed by atoms with E-state index < -0.39 is 30.1 Å². The quantitative estimate of drug-likeness (QED) is 0.366. The lowest BCUT2D eigenvalue weighted by Crippen LogP contribution is -2.56. The van der Waals surface area contributed by atoms with Gasteiger partial charge in [-0.1, -0.05) is 36.4 Å². The average Bonchev–Trinajstić information content (AvgIpc) is 3.44. The number of carbonyl (C=O) groups excluding carboxylic acids is 2. The number of ether oxygens (including phenoxy) is 2. The number of aromatic nitrogens is 2. The van der Waals surface area contributed by atoms with Crippen molar-refractivity contribution in [1.82, 2.24) is 14.5 Å². The number of benzene rings is 3. The molecule has 4 unspecified atom stereocenters. The number of rotatable bonds is 1. The Balaban J connectivity index is 1.77. The van der Waals surface area contributed by atoms with E-state index in [1.807, 2.05) is 55.5 Å². The van der Waals surface area contributed by atoms with E-state index >= 15 is 0 Å². The fourth-order valence-electron chi connectivity index (χ4n) is 6.95. The van der Waals surface area contributed by atoms with E-state index in [9.17, 15) is 14.7 Å². The summed E-state index contributed by atoms with van der Waals surface area (Å²) in [4.78, 5) is 26.5. The van der Waals surface area contributed by atoms with Gasteiger partial charge in [-0.05, 0) is 19.1 Å². The number of hydrogen-bond acceptors (Lipinski definition) is 5. The van der Waals surface area contributed by atoms with Gasteiger partial charge in [0.1, 0.15) is 12.3 Å². The minimum atomic E-state index is -1.07. The number of nitrogens with one attached hydrogen (secondary N) is 1. The first-order valence-electron chi connectivity index (χ1n) is 11.7. The molecule has 0 spiro atoms. The van der Waals surface area contributed by atoms with Gasteiger partial charge in [-0.2, -0.15) is 0 Å². The van der Waals surface area contributed by atoms with E-state index in [0.29, 0.717) is 17.5 Å². The Bertz CT molecular complexity index is 1810. The van der Waals surface area contributed by atoms with Gasteiger partial charge >= 0.3 is 0 Å². The van der Waals surface area contributed by atoms with Crippen molar-refractivity contribution in [3.05, 3.63) is 59.7 Å². The number of aliphatic hydroxyl groups excluding tert-OH is 1. The monoisotopic (exact) mass is 467 g/mol. The van der Waals surface area contributed by atoms with Crippen LogP contribution in [0.25, 0.3) is 43.6 Å². The first kappa shape index (κ1) is 19.6. The molecule has 1 fully saturated rings. The first-order chi connectivity index (χ1) is 17.0. The number of aliphatic hydroxyl groups is 1. The summed E-state index contributed by atoms with van der Waals surface area (Å²) in [7, 11) is 1.58. The predicted molar refractivity (Wildman–Crippen MR) is 129 cm³/mol. The van der Waals surface area contributed by atoms with Gasteiger partial charge in [0, 0.05) is 35.1 Å². The molecule has 174 valence electrons. The van der Waals surface area contributed by atoms with Crippen LogP contribution in [0, 0.1) is 0 Å². The number of nitrogens with zero attached hydrogens (tertiary/aromatic N) is 2. The maximum Gasteiger partial charge on any atom is 0.259 e. The summed E-state index contributed by atoms with van der Waals surface area (Å²) >= 11 is 0. The van der Waals surface area contributed by atoms with E-state index in [1.165, 1.54) is 0 Å². The normalized spacial score (nSPS) is 27.3. The van der Waals surface area contributed by atoms with Crippen LogP contribution in [0.15, 0.2) is 48.5 Å². The average molecular weight is 467 g/mol. The van der Waals surface area contributed by atoms with Crippen LogP contribution in [0.5, 0.6) is 0 Å². The smallest absolute Gasteiger partial charge is 0.259 e. The predicted octanol–water partition coefficient (Wildman–Crippen LogP) is 3.77. The van der Waals surface area contributed by atoms with Gasteiger partial charge in [0.05, 0.1) is 39.3 Å². The highest BCUT2D eigenvalue weighted by molar-refractivity contribution is 6.39. The summed E-state index contributed by atoms with van der Waals surface area (Å²) in [5, 5.41) is 17.0. The van der Waals surface area contributed by atoms with Gasteiger partial charge in [0.25, 0.3) is 11.8 Å². The van der Waals surface area contributed by atoms with Crippen molar-refractivity contribution < 1.29 is 24.2 Å². The Kier molecular flexibility index (Phi) is 3.41. The van der Waals surface area contributed by atoms with E-state index in [2.05, 4.69) is 14.5 Å². The maximum absolute atomic E-state index is 13.3. The molecule has 1 saturated heterocycles. The molecule has 3 aliphatic heterocycles. The summed E-state index contributed by atoms with van der Waals surface area (Å²) in [6.07, 6.45) is -1.60. The molecular formula is C27H21N3O5. The van der Waals surface area contributed by atoms with Crippen LogP contribution < -0.4 is 5.32 Å². The number of imide groups is 1. The largest absolute Gasteiger partial charge is 0.390 e.